The van der Waals surface area contributed by atoms with Crippen LogP contribution < -0.4 is 5.32 Å². The van der Waals surface area contributed by atoms with E-state index in [1.807, 2.05) is 0 Å². The first-order valence-electron chi connectivity index (χ1n) is 6.54. The second kappa shape index (κ2) is 7.68. The topological polar surface area (TPSA) is 88.3 Å². The highest BCUT2D eigenvalue weighted by molar-refractivity contribution is 5.48. The summed E-state index contributed by atoms with van der Waals surface area (Å²) in [5, 5.41) is 22.8. The molecule has 1 heterocycles. The Kier molecular flexibility index (Phi) is 6.21. The Bertz CT molecular complexity index is 418. The molecule has 1 aromatic rings. The SMILES string of the molecule is CCCC(CCO)CNc1ncc([N+](=O)[O-])cc1C. The third kappa shape index (κ3) is 4.82. The molecule has 6 nitrogen and oxygen atoms in total. The third-order valence-corrected chi connectivity index (χ3v) is 3.07. The van der Waals surface area contributed by atoms with Crippen molar-refractivity contribution in [2.75, 3.05) is 18.5 Å². The Balaban J connectivity index is 2.63. The quantitative estimate of drug-likeness (QED) is 0.558. The highest BCUT2D eigenvalue weighted by Gasteiger charge is 2.11. The molecule has 0 bridgehead atoms. The van der Waals surface area contributed by atoms with Gasteiger partial charge >= 0.3 is 0 Å². The second-order valence-electron chi connectivity index (χ2n) is 4.66. The van der Waals surface area contributed by atoms with Crippen molar-refractivity contribution in [1.29, 1.82) is 0 Å². The van der Waals surface area contributed by atoms with Crippen LogP contribution in [0.15, 0.2) is 12.3 Å². The van der Waals surface area contributed by atoms with Crippen LogP contribution in [0.3, 0.4) is 0 Å². The number of aliphatic hydroxyl groups excluding tert-OH is 1. The molecule has 106 valence electrons. The maximum Gasteiger partial charge on any atom is 0.287 e. The number of nitrogens with one attached hydrogen (secondary N) is 1. The number of hydrogen-bond donors (Lipinski definition) is 2. The Labute approximate surface area is 113 Å². The Morgan fingerprint density at radius 1 is 1.53 bits per heavy atom. The van der Waals surface area contributed by atoms with Crippen molar-refractivity contribution in [3.8, 4) is 0 Å². The van der Waals surface area contributed by atoms with E-state index in [9.17, 15) is 10.1 Å². The van der Waals surface area contributed by atoms with Crippen LogP contribution in [0.25, 0.3) is 0 Å². The molecule has 0 saturated heterocycles. The first kappa shape index (κ1) is 15.4. The number of anilines is 1. The van der Waals surface area contributed by atoms with Crippen LogP contribution in [-0.2, 0) is 0 Å². The van der Waals surface area contributed by atoms with E-state index in [1.165, 1.54) is 12.3 Å². The lowest BCUT2D eigenvalue weighted by Gasteiger charge is -2.16. The van der Waals surface area contributed by atoms with Gasteiger partial charge in [0.2, 0.25) is 0 Å². The van der Waals surface area contributed by atoms with E-state index in [1.54, 1.807) is 6.92 Å². The predicted octanol–water partition coefficient (Wildman–Crippen LogP) is 2.51. The number of rotatable bonds is 8. The Morgan fingerprint density at radius 3 is 2.79 bits per heavy atom. The van der Waals surface area contributed by atoms with Crippen LogP contribution in [0.4, 0.5) is 11.5 Å². The van der Waals surface area contributed by atoms with E-state index < -0.39 is 4.92 Å². The van der Waals surface area contributed by atoms with E-state index >= 15 is 0 Å². The molecule has 0 fully saturated rings. The summed E-state index contributed by atoms with van der Waals surface area (Å²) in [5.41, 5.74) is 0.761. The van der Waals surface area contributed by atoms with E-state index in [2.05, 4.69) is 17.2 Å². The number of hydrogen-bond acceptors (Lipinski definition) is 5. The average molecular weight is 267 g/mol. The highest BCUT2D eigenvalue weighted by Crippen LogP contribution is 2.19. The van der Waals surface area contributed by atoms with Gasteiger partial charge in [0.15, 0.2) is 0 Å². The van der Waals surface area contributed by atoms with Crippen molar-refractivity contribution in [2.45, 2.75) is 33.1 Å². The van der Waals surface area contributed by atoms with E-state index in [0.29, 0.717) is 11.7 Å². The Hall–Kier alpha value is -1.69. The van der Waals surface area contributed by atoms with Crippen LogP contribution in [0.1, 0.15) is 31.7 Å². The zero-order valence-corrected chi connectivity index (χ0v) is 11.4. The molecular weight excluding hydrogens is 246 g/mol. The number of aromatic nitrogens is 1. The molecule has 0 aliphatic rings. The summed E-state index contributed by atoms with van der Waals surface area (Å²) >= 11 is 0. The summed E-state index contributed by atoms with van der Waals surface area (Å²) in [7, 11) is 0. The fourth-order valence-electron chi connectivity index (χ4n) is 2.03. The van der Waals surface area contributed by atoms with Crippen molar-refractivity contribution in [3.63, 3.8) is 0 Å². The van der Waals surface area contributed by atoms with Crippen molar-refractivity contribution in [1.82, 2.24) is 4.98 Å². The zero-order valence-electron chi connectivity index (χ0n) is 11.4. The zero-order chi connectivity index (χ0) is 14.3. The van der Waals surface area contributed by atoms with Gasteiger partial charge in [-0.1, -0.05) is 13.3 Å². The molecule has 1 rings (SSSR count). The molecule has 1 unspecified atom stereocenters. The molecule has 1 aromatic heterocycles. The normalized spacial score (nSPS) is 12.2. The van der Waals surface area contributed by atoms with Gasteiger partial charge in [-0.05, 0) is 31.2 Å². The van der Waals surface area contributed by atoms with Gasteiger partial charge < -0.3 is 10.4 Å². The lowest BCUT2D eigenvalue weighted by molar-refractivity contribution is -0.385. The molecule has 0 aliphatic heterocycles. The largest absolute Gasteiger partial charge is 0.396 e. The molecule has 0 spiro atoms. The molecule has 0 aromatic carbocycles. The van der Waals surface area contributed by atoms with Crippen molar-refractivity contribution < 1.29 is 10.0 Å². The number of nitrogens with zero attached hydrogens (tertiary/aromatic N) is 2. The molecule has 0 saturated carbocycles. The highest BCUT2D eigenvalue weighted by atomic mass is 16.6. The molecule has 6 heteroatoms. The first-order chi connectivity index (χ1) is 9.08. The molecule has 1 atom stereocenters. The smallest absolute Gasteiger partial charge is 0.287 e. The van der Waals surface area contributed by atoms with Gasteiger partial charge in [-0.25, -0.2) is 4.98 Å². The van der Waals surface area contributed by atoms with Gasteiger partial charge in [0.25, 0.3) is 5.69 Å². The number of nitro groups is 1. The van der Waals surface area contributed by atoms with Gasteiger partial charge in [-0.3, -0.25) is 10.1 Å². The standard InChI is InChI=1S/C13H21N3O3/c1-3-4-11(5-6-17)8-14-13-10(2)7-12(9-15-13)16(18)19/h7,9,11,17H,3-6,8H2,1-2H3,(H,14,15). The lowest BCUT2D eigenvalue weighted by atomic mass is 10.0. The predicted molar refractivity (Wildman–Crippen MR) is 74.2 cm³/mol. The first-order valence-corrected chi connectivity index (χ1v) is 6.54. The van der Waals surface area contributed by atoms with Crippen LogP contribution in [0, 0.1) is 23.0 Å². The molecule has 19 heavy (non-hydrogen) atoms. The van der Waals surface area contributed by atoms with Gasteiger partial charge in [-0.2, -0.15) is 0 Å². The van der Waals surface area contributed by atoms with Crippen LogP contribution in [0.5, 0.6) is 0 Å². The lowest BCUT2D eigenvalue weighted by Crippen LogP contribution is -2.17. The monoisotopic (exact) mass is 267 g/mol. The Morgan fingerprint density at radius 2 is 2.26 bits per heavy atom. The maximum atomic E-state index is 10.6. The number of aliphatic hydroxyl groups is 1. The summed E-state index contributed by atoms with van der Waals surface area (Å²) in [6.45, 7) is 4.81. The minimum atomic E-state index is -0.449. The maximum absolute atomic E-state index is 10.6. The van der Waals surface area contributed by atoms with Crippen molar-refractivity contribution >= 4 is 11.5 Å². The summed E-state index contributed by atoms with van der Waals surface area (Å²) in [6.07, 6.45) is 4.13. The molecular formula is C13H21N3O3. The summed E-state index contributed by atoms with van der Waals surface area (Å²) in [5.74, 6) is 1.07. The summed E-state index contributed by atoms with van der Waals surface area (Å²) in [6, 6.07) is 1.51. The van der Waals surface area contributed by atoms with Gasteiger partial charge in [0.1, 0.15) is 12.0 Å². The van der Waals surface area contributed by atoms with Crippen molar-refractivity contribution in [3.05, 3.63) is 27.9 Å². The minimum absolute atomic E-state index is 0.00326. The van der Waals surface area contributed by atoms with Crippen LogP contribution in [-0.4, -0.2) is 28.2 Å². The molecule has 0 radical (unpaired) electrons. The molecule has 0 amide bonds. The summed E-state index contributed by atoms with van der Waals surface area (Å²) < 4.78 is 0. The summed E-state index contributed by atoms with van der Waals surface area (Å²) in [4.78, 5) is 14.2. The molecule has 2 N–H and O–H groups in total. The van der Waals surface area contributed by atoms with Crippen LogP contribution >= 0.6 is 0 Å². The number of aryl methyl sites for hydroxylation is 1. The minimum Gasteiger partial charge on any atom is -0.396 e. The van der Waals surface area contributed by atoms with E-state index in [0.717, 1.165) is 31.4 Å². The number of pyridine rings is 1. The average Bonchev–Trinajstić information content (AvgIpc) is 2.37. The van der Waals surface area contributed by atoms with E-state index in [4.69, 9.17) is 5.11 Å². The van der Waals surface area contributed by atoms with E-state index in [-0.39, 0.29) is 12.3 Å². The van der Waals surface area contributed by atoms with Gasteiger partial charge in [0, 0.05) is 19.2 Å². The van der Waals surface area contributed by atoms with Gasteiger partial charge in [0.05, 0.1) is 4.92 Å². The van der Waals surface area contributed by atoms with Gasteiger partial charge in [-0.15, -0.1) is 0 Å². The fraction of sp³-hybridized carbons (Fsp3) is 0.615. The fourth-order valence-corrected chi connectivity index (χ4v) is 2.03. The van der Waals surface area contributed by atoms with Crippen molar-refractivity contribution in [2.24, 2.45) is 5.92 Å². The third-order valence-electron chi connectivity index (χ3n) is 3.07. The molecule has 0 aliphatic carbocycles. The van der Waals surface area contributed by atoms with Crippen LogP contribution in [0.2, 0.25) is 0 Å². The second-order valence-corrected chi connectivity index (χ2v) is 4.66.